The van der Waals surface area contributed by atoms with E-state index in [1.165, 1.54) is 4.31 Å². The Morgan fingerprint density at radius 3 is 2.05 bits per heavy atom. The first-order valence-corrected chi connectivity index (χ1v) is 15.1. The first kappa shape index (κ1) is 31.9. The lowest BCUT2D eigenvalue weighted by atomic mass is 10.0. The van der Waals surface area contributed by atoms with Crippen molar-refractivity contribution in [3.05, 3.63) is 54.1 Å². The molecule has 2 rings (SSSR count). The number of ether oxygens (including phenoxy) is 2. The largest absolute Gasteiger partial charge is 0.497 e. The summed E-state index contributed by atoms with van der Waals surface area (Å²) in [4.78, 5) is 28.3. The molecule has 0 aliphatic carbocycles. The number of rotatable bonds is 14. The van der Waals surface area contributed by atoms with Crippen LogP contribution in [-0.2, 0) is 26.2 Å². The maximum absolute atomic E-state index is 13.6. The van der Waals surface area contributed by atoms with Gasteiger partial charge in [0.2, 0.25) is 21.8 Å². The number of hydrogen-bond acceptors (Lipinski definition) is 6. The van der Waals surface area contributed by atoms with Gasteiger partial charge in [0.05, 0.1) is 25.7 Å². The summed E-state index contributed by atoms with van der Waals surface area (Å²) in [6.45, 7) is 10.3. The lowest BCUT2D eigenvalue weighted by Gasteiger charge is -2.33. The van der Waals surface area contributed by atoms with Crippen molar-refractivity contribution in [2.75, 3.05) is 30.8 Å². The monoisotopic (exact) mass is 561 g/mol. The number of methoxy groups -OCH3 is 1. The average Bonchev–Trinajstić information content (AvgIpc) is 2.86. The van der Waals surface area contributed by atoms with Crippen LogP contribution >= 0.6 is 0 Å². The highest BCUT2D eigenvalue weighted by Gasteiger charge is 2.30. The maximum atomic E-state index is 13.6. The van der Waals surface area contributed by atoms with Gasteiger partial charge in [0.15, 0.2) is 0 Å². The Hall–Kier alpha value is -3.27. The zero-order valence-electron chi connectivity index (χ0n) is 24.2. The van der Waals surface area contributed by atoms with E-state index >= 15 is 0 Å². The van der Waals surface area contributed by atoms with E-state index < -0.39 is 21.6 Å². The zero-order chi connectivity index (χ0) is 29.2. The molecular formula is C29H43N3O6S. The molecule has 1 atom stereocenters. The van der Waals surface area contributed by atoms with Crippen LogP contribution in [0.4, 0.5) is 5.69 Å². The predicted octanol–water partition coefficient (Wildman–Crippen LogP) is 4.36. The summed E-state index contributed by atoms with van der Waals surface area (Å²) in [6.07, 6.45) is 1.95. The van der Waals surface area contributed by atoms with Gasteiger partial charge in [-0.3, -0.25) is 13.9 Å². The van der Waals surface area contributed by atoms with Crippen LogP contribution in [0.5, 0.6) is 11.5 Å². The van der Waals surface area contributed by atoms with Gasteiger partial charge in [-0.25, -0.2) is 8.42 Å². The lowest BCUT2D eigenvalue weighted by Crippen LogP contribution is -2.53. The Morgan fingerprint density at radius 2 is 1.56 bits per heavy atom. The van der Waals surface area contributed by atoms with E-state index in [1.54, 1.807) is 36.3 Å². The number of hydrogen-bond donors (Lipinski definition) is 1. The topological polar surface area (TPSA) is 105 Å². The fourth-order valence-electron chi connectivity index (χ4n) is 4.18. The summed E-state index contributed by atoms with van der Waals surface area (Å²) in [5.41, 5.74) is 0.908. The Kier molecular flexibility index (Phi) is 11.6. The van der Waals surface area contributed by atoms with Crippen LogP contribution in [-0.4, -0.2) is 63.2 Å². The van der Waals surface area contributed by atoms with E-state index in [4.69, 9.17) is 9.47 Å². The molecule has 0 fully saturated rings. The second kappa shape index (κ2) is 14.2. The molecule has 0 bridgehead atoms. The quantitative estimate of drug-likeness (QED) is 0.367. The van der Waals surface area contributed by atoms with Crippen LogP contribution < -0.4 is 19.1 Å². The number of nitrogens with one attached hydrogen (secondary N) is 1. The van der Waals surface area contributed by atoms with E-state index in [-0.39, 0.29) is 37.7 Å². The highest BCUT2D eigenvalue weighted by Crippen LogP contribution is 2.23. The van der Waals surface area contributed by atoms with Crippen molar-refractivity contribution in [1.29, 1.82) is 0 Å². The third kappa shape index (κ3) is 10.1. The highest BCUT2D eigenvalue weighted by molar-refractivity contribution is 7.92. The Bertz CT molecular complexity index is 1170. The number of carbonyl (C=O) groups excluding carboxylic acids is 2. The summed E-state index contributed by atoms with van der Waals surface area (Å²) in [6, 6.07) is 13.5. The summed E-state index contributed by atoms with van der Waals surface area (Å²) in [7, 11) is -1.99. The fourth-order valence-corrected chi connectivity index (χ4v) is 5.14. The highest BCUT2D eigenvalue weighted by atomic mass is 32.2. The molecule has 2 aromatic carbocycles. The molecule has 1 N–H and O–H groups in total. The maximum Gasteiger partial charge on any atom is 0.243 e. The van der Waals surface area contributed by atoms with Crippen LogP contribution in [0, 0.1) is 0 Å². The molecule has 0 aliphatic heterocycles. The normalized spacial score (nSPS) is 12.4. The molecule has 2 amide bonds. The molecule has 2 aromatic rings. The van der Waals surface area contributed by atoms with Crippen molar-refractivity contribution in [2.24, 2.45) is 0 Å². The van der Waals surface area contributed by atoms with Crippen molar-refractivity contribution >= 4 is 27.5 Å². The number of anilines is 1. The molecule has 0 saturated heterocycles. The summed E-state index contributed by atoms with van der Waals surface area (Å²) in [5, 5.41) is 2.99. The third-order valence-electron chi connectivity index (χ3n) is 5.98. The second-order valence-corrected chi connectivity index (χ2v) is 12.3. The van der Waals surface area contributed by atoms with Gasteiger partial charge in [-0.1, -0.05) is 19.1 Å². The Labute approximate surface area is 233 Å². The molecule has 0 unspecified atom stereocenters. The van der Waals surface area contributed by atoms with Crippen LogP contribution in [0.3, 0.4) is 0 Å². The molecule has 216 valence electrons. The summed E-state index contributed by atoms with van der Waals surface area (Å²) >= 11 is 0. The van der Waals surface area contributed by atoms with Crippen molar-refractivity contribution in [3.63, 3.8) is 0 Å². The van der Waals surface area contributed by atoms with Crippen molar-refractivity contribution in [1.82, 2.24) is 10.2 Å². The zero-order valence-corrected chi connectivity index (χ0v) is 25.0. The van der Waals surface area contributed by atoms with E-state index in [2.05, 4.69) is 5.32 Å². The van der Waals surface area contributed by atoms with Gasteiger partial charge in [-0.15, -0.1) is 0 Å². The molecule has 0 aromatic heterocycles. The number of amides is 2. The lowest BCUT2D eigenvalue weighted by molar-refractivity contribution is -0.142. The van der Waals surface area contributed by atoms with Crippen molar-refractivity contribution in [3.8, 4) is 11.5 Å². The Morgan fingerprint density at radius 1 is 0.974 bits per heavy atom. The molecule has 10 heteroatoms. The number of sulfonamides is 1. The van der Waals surface area contributed by atoms with Crippen LogP contribution in [0.25, 0.3) is 0 Å². The van der Waals surface area contributed by atoms with Gasteiger partial charge in [0, 0.05) is 25.0 Å². The molecule has 0 saturated carbocycles. The van der Waals surface area contributed by atoms with E-state index in [0.29, 0.717) is 30.2 Å². The van der Waals surface area contributed by atoms with Crippen LogP contribution in [0.15, 0.2) is 48.5 Å². The Balaban J connectivity index is 2.23. The molecule has 0 spiro atoms. The minimum absolute atomic E-state index is 0.0818. The molecule has 0 heterocycles. The molecule has 39 heavy (non-hydrogen) atoms. The minimum Gasteiger partial charge on any atom is -0.497 e. The molecule has 0 aliphatic rings. The van der Waals surface area contributed by atoms with Gasteiger partial charge in [-0.05, 0) is 82.5 Å². The number of nitrogens with zero attached hydrogens (tertiary/aromatic N) is 2. The van der Waals surface area contributed by atoms with E-state index in [1.807, 2.05) is 58.9 Å². The molecule has 9 nitrogen and oxygen atoms in total. The number of carbonyl (C=O) groups is 2. The molecule has 0 radical (unpaired) electrons. The standard InChI is InChI=1S/C29H43N3O6S/c1-8-26(28(34)30-29(3,4)5)31(21-22-12-16-24(37-6)17-13-22)27(33)11-10-20-32(39(7,35)36)23-14-18-25(19-15-23)38-9-2/h12-19,26H,8-11,20-21H2,1-7H3,(H,30,34)/t26-/m0/s1. The second-order valence-electron chi connectivity index (χ2n) is 10.4. The molecular weight excluding hydrogens is 518 g/mol. The van der Waals surface area contributed by atoms with Gasteiger partial charge in [0.25, 0.3) is 0 Å². The van der Waals surface area contributed by atoms with Gasteiger partial charge < -0.3 is 19.7 Å². The van der Waals surface area contributed by atoms with Crippen molar-refractivity contribution in [2.45, 2.75) is 72.0 Å². The third-order valence-corrected chi connectivity index (χ3v) is 7.18. The van der Waals surface area contributed by atoms with Crippen LogP contribution in [0.2, 0.25) is 0 Å². The predicted molar refractivity (Wildman–Crippen MR) is 155 cm³/mol. The fraction of sp³-hybridized carbons (Fsp3) is 0.517. The van der Waals surface area contributed by atoms with Gasteiger partial charge in [0.1, 0.15) is 17.5 Å². The SMILES string of the molecule is CCOc1ccc(N(CCCC(=O)N(Cc2ccc(OC)cc2)[C@@H](CC)C(=O)NC(C)(C)C)S(C)(=O)=O)cc1. The first-order chi connectivity index (χ1) is 18.3. The first-order valence-electron chi connectivity index (χ1n) is 13.2. The van der Waals surface area contributed by atoms with E-state index in [0.717, 1.165) is 11.8 Å². The minimum atomic E-state index is -3.58. The van der Waals surface area contributed by atoms with E-state index in [9.17, 15) is 18.0 Å². The number of benzene rings is 2. The smallest absolute Gasteiger partial charge is 0.243 e. The average molecular weight is 562 g/mol. The van der Waals surface area contributed by atoms with Gasteiger partial charge in [-0.2, -0.15) is 0 Å². The van der Waals surface area contributed by atoms with Gasteiger partial charge >= 0.3 is 0 Å². The summed E-state index contributed by atoms with van der Waals surface area (Å²) in [5.74, 6) is 0.906. The summed E-state index contributed by atoms with van der Waals surface area (Å²) < 4.78 is 37.1. The van der Waals surface area contributed by atoms with Crippen molar-refractivity contribution < 1.29 is 27.5 Å². The van der Waals surface area contributed by atoms with Crippen LogP contribution in [0.1, 0.15) is 59.4 Å².